The fourth-order valence-electron chi connectivity index (χ4n) is 2.74. The first-order valence-corrected chi connectivity index (χ1v) is 9.81. The van der Waals surface area contributed by atoms with E-state index in [0.717, 1.165) is 37.3 Å². The van der Waals surface area contributed by atoms with Gasteiger partial charge in [0, 0.05) is 25.9 Å². The molecule has 0 aliphatic carbocycles. The summed E-state index contributed by atoms with van der Waals surface area (Å²) in [6.45, 7) is 3.06. The van der Waals surface area contributed by atoms with E-state index in [-0.39, 0.29) is 5.75 Å². The van der Waals surface area contributed by atoms with Gasteiger partial charge in [-0.2, -0.15) is 5.10 Å². The van der Waals surface area contributed by atoms with Crippen LogP contribution < -0.4 is 0 Å². The minimum atomic E-state index is -3.24. The standard InChI is InChI=1S/C16H21N3O4S/c1-24(21,22)12-16(20)15-10-13-11-18(7-8-19(13)17-15)6-2-4-14-5-3-9-23-14/h2-5,9-10,16,20H,6-8,11-12H2,1H3. The maximum atomic E-state index is 11.3. The number of aromatic nitrogens is 2. The highest BCUT2D eigenvalue weighted by Gasteiger charge is 2.22. The second kappa shape index (κ2) is 6.92. The van der Waals surface area contributed by atoms with Crippen molar-refractivity contribution in [1.82, 2.24) is 14.7 Å². The van der Waals surface area contributed by atoms with Gasteiger partial charge in [-0.25, -0.2) is 8.42 Å². The fourth-order valence-corrected chi connectivity index (χ4v) is 3.48. The Kier molecular flexibility index (Phi) is 4.88. The normalized spacial score (nSPS) is 17.2. The van der Waals surface area contributed by atoms with Crippen LogP contribution in [0.25, 0.3) is 6.08 Å². The number of hydrogen-bond donors (Lipinski definition) is 1. The molecule has 0 spiro atoms. The summed E-state index contributed by atoms with van der Waals surface area (Å²) in [7, 11) is -3.24. The lowest BCUT2D eigenvalue weighted by Gasteiger charge is -2.26. The Hall–Kier alpha value is -1.90. The van der Waals surface area contributed by atoms with Gasteiger partial charge >= 0.3 is 0 Å². The van der Waals surface area contributed by atoms with Crippen molar-refractivity contribution in [2.45, 2.75) is 19.2 Å². The van der Waals surface area contributed by atoms with Crippen molar-refractivity contribution >= 4 is 15.9 Å². The second-order valence-corrected chi connectivity index (χ2v) is 8.23. The van der Waals surface area contributed by atoms with E-state index in [4.69, 9.17) is 4.42 Å². The van der Waals surface area contributed by atoms with Gasteiger partial charge in [-0.3, -0.25) is 9.58 Å². The largest absolute Gasteiger partial charge is 0.465 e. The lowest BCUT2D eigenvalue weighted by atomic mass is 10.2. The quantitative estimate of drug-likeness (QED) is 0.838. The van der Waals surface area contributed by atoms with Crippen LogP contribution in [0.4, 0.5) is 0 Å². The van der Waals surface area contributed by atoms with E-state index >= 15 is 0 Å². The van der Waals surface area contributed by atoms with Gasteiger partial charge in [0.15, 0.2) is 0 Å². The number of hydrogen-bond acceptors (Lipinski definition) is 6. The average molecular weight is 351 g/mol. The average Bonchev–Trinajstić information content (AvgIpc) is 3.13. The molecule has 0 saturated heterocycles. The summed E-state index contributed by atoms with van der Waals surface area (Å²) in [5, 5.41) is 14.4. The fraction of sp³-hybridized carbons (Fsp3) is 0.438. The number of sulfone groups is 1. The first-order valence-electron chi connectivity index (χ1n) is 7.75. The number of rotatable bonds is 6. The van der Waals surface area contributed by atoms with Crippen molar-refractivity contribution in [3.63, 3.8) is 0 Å². The van der Waals surface area contributed by atoms with Gasteiger partial charge in [0.25, 0.3) is 0 Å². The Morgan fingerprint density at radius 1 is 1.46 bits per heavy atom. The molecule has 0 radical (unpaired) electrons. The van der Waals surface area contributed by atoms with Crippen LogP contribution in [-0.4, -0.2) is 53.3 Å². The van der Waals surface area contributed by atoms with Gasteiger partial charge in [-0.15, -0.1) is 0 Å². The van der Waals surface area contributed by atoms with Crippen molar-refractivity contribution in [1.29, 1.82) is 0 Å². The summed E-state index contributed by atoms with van der Waals surface area (Å²) < 4.78 is 29.7. The molecule has 0 amide bonds. The minimum absolute atomic E-state index is 0.306. The SMILES string of the molecule is CS(=O)(=O)CC(O)c1cc2n(n1)CCN(CC=Cc1ccco1)C2. The van der Waals surface area contributed by atoms with Crippen molar-refractivity contribution in [3.05, 3.63) is 47.7 Å². The Morgan fingerprint density at radius 3 is 3.00 bits per heavy atom. The molecule has 0 saturated carbocycles. The van der Waals surface area contributed by atoms with Gasteiger partial charge in [0.2, 0.25) is 0 Å². The van der Waals surface area contributed by atoms with Gasteiger partial charge in [-0.1, -0.05) is 6.08 Å². The topological polar surface area (TPSA) is 88.6 Å². The van der Waals surface area contributed by atoms with Crippen LogP contribution >= 0.6 is 0 Å². The monoisotopic (exact) mass is 351 g/mol. The highest BCUT2D eigenvalue weighted by atomic mass is 32.2. The zero-order valence-electron chi connectivity index (χ0n) is 13.5. The van der Waals surface area contributed by atoms with E-state index in [1.165, 1.54) is 0 Å². The lowest BCUT2D eigenvalue weighted by molar-refractivity contribution is 0.194. The number of aliphatic hydroxyl groups is 1. The van der Waals surface area contributed by atoms with Crippen LogP contribution in [0.3, 0.4) is 0 Å². The van der Waals surface area contributed by atoms with Gasteiger partial charge in [-0.05, 0) is 24.3 Å². The lowest BCUT2D eigenvalue weighted by Crippen LogP contribution is -2.33. The predicted molar refractivity (Wildman–Crippen MR) is 89.9 cm³/mol. The number of nitrogens with zero attached hydrogens (tertiary/aromatic N) is 3. The van der Waals surface area contributed by atoms with Crippen LogP contribution in [0, 0.1) is 0 Å². The predicted octanol–water partition coefficient (Wildman–Crippen LogP) is 1.08. The van der Waals surface area contributed by atoms with Crippen LogP contribution in [0.1, 0.15) is 23.3 Å². The van der Waals surface area contributed by atoms with Crippen molar-refractivity contribution in [3.8, 4) is 0 Å². The molecule has 1 unspecified atom stereocenters. The van der Waals surface area contributed by atoms with Crippen molar-refractivity contribution < 1.29 is 17.9 Å². The van der Waals surface area contributed by atoms with Crippen LogP contribution in [0.15, 0.2) is 35.0 Å². The maximum absolute atomic E-state index is 11.3. The van der Waals surface area contributed by atoms with E-state index in [1.54, 1.807) is 12.3 Å². The molecular weight excluding hydrogens is 330 g/mol. The van der Waals surface area contributed by atoms with Gasteiger partial charge in [0.05, 0.1) is 29.9 Å². The maximum Gasteiger partial charge on any atom is 0.150 e. The van der Waals surface area contributed by atoms with Crippen LogP contribution in [0.2, 0.25) is 0 Å². The molecule has 7 nitrogen and oxygen atoms in total. The highest BCUT2D eigenvalue weighted by molar-refractivity contribution is 7.90. The third kappa shape index (κ3) is 4.34. The third-order valence-electron chi connectivity index (χ3n) is 3.89. The van der Waals surface area contributed by atoms with Crippen molar-refractivity contribution in [2.75, 3.05) is 25.1 Å². The molecule has 3 rings (SSSR count). The molecule has 0 fully saturated rings. The highest BCUT2D eigenvalue weighted by Crippen LogP contribution is 2.19. The molecule has 0 bridgehead atoms. The summed E-state index contributed by atoms with van der Waals surface area (Å²) in [6.07, 6.45) is 5.66. The molecular formula is C16H21N3O4S. The molecule has 24 heavy (non-hydrogen) atoms. The molecule has 2 aromatic heterocycles. The molecule has 1 N–H and O–H groups in total. The Labute approximate surface area is 141 Å². The van der Waals surface area contributed by atoms with E-state index in [9.17, 15) is 13.5 Å². The third-order valence-corrected chi connectivity index (χ3v) is 4.81. The Bertz CT molecular complexity index is 809. The van der Waals surface area contributed by atoms with Crippen LogP contribution in [-0.2, 0) is 22.9 Å². The first kappa shape index (κ1) is 16.9. The molecule has 0 aromatic carbocycles. The number of furan rings is 1. The molecule has 130 valence electrons. The first-order chi connectivity index (χ1) is 11.4. The summed E-state index contributed by atoms with van der Waals surface area (Å²) >= 11 is 0. The van der Waals surface area contributed by atoms with Crippen LogP contribution in [0.5, 0.6) is 0 Å². The zero-order valence-corrected chi connectivity index (χ0v) is 14.3. The van der Waals surface area contributed by atoms with E-state index < -0.39 is 15.9 Å². The minimum Gasteiger partial charge on any atom is -0.465 e. The van der Waals surface area contributed by atoms with E-state index in [0.29, 0.717) is 12.2 Å². The summed E-state index contributed by atoms with van der Waals surface area (Å²) in [5.41, 5.74) is 1.40. The van der Waals surface area contributed by atoms with E-state index in [1.807, 2.05) is 29.0 Å². The summed E-state index contributed by atoms with van der Waals surface area (Å²) in [4.78, 5) is 2.25. The molecule has 1 aliphatic heterocycles. The second-order valence-electron chi connectivity index (χ2n) is 6.04. The summed E-state index contributed by atoms with van der Waals surface area (Å²) in [5.74, 6) is 0.516. The molecule has 8 heteroatoms. The van der Waals surface area contributed by atoms with Crippen molar-refractivity contribution in [2.24, 2.45) is 0 Å². The number of aliphatic hydroxyl groups excluding tert-OH is 1. The number of fused-ring (bicyclic) bond motifs is 1. The zero-order chi connectivity index (χ0) is 17.2. The molecule has 2 aromatic rings. The molecule has 1 aliphatic rings. The smallest absolute Gasteiger partial charge is 0.150 e. The van der Waals surface area contributed by atoms with Gasteiger partial charge in [0.1, 0.15) is 21.7 Å². The molecule has 3 heterocycles. The summed E-state index contributed by atoms with van der Waals surface area (Å²) in [6, 6.07) is 5.54. The van der Waals surface area contributed by atoms with Gasteiger partial charge < -0.3 is 9.52 Å². The Morgan fingerprint density at radius 2 is 2.29 bits per heavy atom. The Balaban J connectivity index is 1.61. The van der Waals surface area contributed by atoms with E-state index in [2.05, 4.69) is 10.00 Å². The molecule has 1 atom stereocenters.